The lowest BCUT2D eigenvalue weighted by Crippen LogP contribution is -1.98. The molecule has 0 heterocycles. The van der Waals surface area contributed by atoms with Gasteiger partial charge in [0.15, 0.2) is 0 Å². The number of hydrogen-bond donors (Lipinski definition) is 1. The third kappa shape index (κ3) is 3.56. The van der Waals surface area contributed by atoms with Crippen LogP contribution < -0.4 is 4.74 Å². The van der Waals surface area contributed by atoms with Crippen molar-refractivity contribution < 1.29 is 14.2 Å². The van der Waals surface area contributed by atoms with Gasteiger partial charge in [-0.25, -0.2) is 4.39 Å². The highest BCUT2D eigenvalue weighted by Gasteiger charge is 2.04. The van der Waals surface area contributed by atoms with E-state index < -0.39 is 11.9 Å². The fourth-order valence-corrected chi connectivity index (χ4v) is 1.83. The second-order valence-electron chi connectivity index (χ2n) is 4.50. The summed E-state index contributed by atoms with van der Waals surface area (Å²) >= 11 is 0. The monoisotopic (exact) mass is 271 g/mol. The van der Waals surface area contributed by atoms with E-state index in [-0.39, 0.29) is 12.2 Å². The number of hydrogen-bond acceptors (Lipinski definition) is 3. The summed E-state index contributed by atoms with van der Waals surface area (Å²) in [6.45, 7) is 1.83. The van der Waals surface area contributed by atoms with Gasteiger partial charge in [0.05, 0.1) is 17.7 Å². The molecule has 0 spiro atoms. The number of halogens is 1. The summed E-state index contributed by atoms with van der Waals surface area (Å²) in [6, 6.07) is 13.1. The molecule has 0 bridgehead atoms. The Morgan fingerprint density at radius 2 is 2.10 bits per heavy atom. The van der Waals surface area contributed by atoms with Crippen molar-refractivity contribution in [2.45, 2.75) is 19.6 Å². The van der Waals surface area contributed by atoms with E-state index in [0.717, 1.165) is 5.56 Å². The number of rotatable bonds is 4. The fraction of sp³-hybridized carbons (Fsp3) is 0.188. The summed E-state index contributed by atoms with van der Waals surface area (Å²) in [6.07, 6.45) is -0.571. The molecule has 0 radical (unpaired) electrons. The van der Waals surface area contributed by atoms with E-state index in [1.165, 1.54) is 12.1 Å². The number of benzene rings is 2. The van der Waals surface area contributed by atoms with Crippen LogP contribution in [0.25, 0.3) is 0 Å². The van der Waals surface area contributed by atoms with Gasteiger partial charge in [0.1, 0.15) is 18.2 Å². The van der Waals surface area contributed by atoms with Crippen LogP contribution in [0.1, 0.15) is 29.7 Å². The summed E-state index contributed by atoms with van der Waals surface area (Å²) in [5.41, 5.74) is 1.60. The molecule has 3 nitrogen and oxygen atoms in total. The Labute approximate surface area is 116 Å². The standard InChI is InChI=1S/C16H14FNO2/c1-11(19)14-3-2-4-16(8-14)20-10-13-5-12(9-18)6-15(17)7-13/h2-8,11,19H,10H2,1H3/t11-/m0/s1. The first-order chi connectivity index (χ1) is 9.58. The maximum atomic E-state index is 13.3. The van der Waals surface area contributed by atoms with Crippen molar-refractivity contribution in [2.24, 2.45) is 0 Å². The van der Waals surface area contributed by atoms with Crippen molar-refractivity contribution in [3.05, 3.63) is 65.0 Å². The van der Waals surface area contributed by atoms with Gasteiger partial charge in [0, 0.05) is 0 Å². The molecule has 102 valence electrons. The Hall–Kier alpha value is -2.38. The number of ether oxygens (including phenoxy) is 1. The minimum absolute atomic E-state index is 0.162. The van der Waals surface area contributed by atoms with Gasteiger partial charge in [-0.2, -0.15) is 5.26 Å². The third-order valence-corrected chi connectivity index (χ3v) is 2.83. The Kier molecular flexibility index (Phi) is 4.34. The first-order valence-corrected chi connectivity index (χ1v) is 6.19. The summed E-state index contributed by atoms with van der Waals surface area (Å²) in [5, 5.41) is 18.3. The molecule has 2 rings (SSSR count). The van der Waals surface area contributed by atoms with Crippen LogP contribution in [0.3, 0.4) is 0 Å². The predicted molar refractivity (Wildman–Crippen MR) is 72.5 cm³/mol. The molecule has 1 N–H and O–H groups in total. The van der Waals surface area contributed by atoms with Gasteiger partial charge in [0.2, 0.25) is 0 Å². The molecule has 0 aliphatic carbocycles. The molecule has 4 heteroatoms. The fourth-order valence-electron chi connectivity index (χ4n) is 1.83. The summed E-state index contributed by atoms with van der Waals surface area (Å²) in [4.78, 5) is 0. The lowest BCUT2D eigenvalue weighted by atomic mass is 10.1. The molecule has 1 atom stereocenters. The highest BCUT2D eigenvalue weighted by molar-refractivity contribution is 5.34. The van der Waals surface area contributed by atoms with E-state index in [4.69, 9.17) is 10.00 Å². The Balaban J connectivity index is 2.11. The Morgan fingerprint density at radius 1 is 1.30 bits per heavy atom. The predicted octanol–water partition coefficient (Wildman–Crippen LogP) is 3.33. The lowest BCUT2D eigenvalue weighted by molar-refractivity contribution is 0.198. The number of aliphatic hydroxyl groups excluding tert-OH is 1. The lowest BCUT2D eigenvalue weighted by Gasteiger charge is -2.10. The molecule has 0 unspecified atom stereocenters. The van der Waals surface area contributed by atoms with Crippen molar-refractivity contribution in [3.63, 3.8) is 0 Å². The largest absolute Gasteiger partial charge is 0.489 e. The average molecular weight is 271 g/mol. The first-order valence-electron chi connectivity index (χ1n) is 6.19. The van der Waals surface area contributed by atoms with Gasteiger partial charge in [-0.1, -0.05) is 12.1 Å². The van der Waals surface area contributed by atoms with Crippen LogP contribution in [0.15, 0.2) is 42.5 Å². The van der Waals surface area contributed by atoms with Gasteiger partial charge >= 0.3 is 0 Å². The summed E-state index contributed by atoms with van der Waals surface area (Å²) < 4.78 is 18.8. The zero-order valence-electron chi connectivity index (χ0n) is 11.0. The molecule has 0 amide bonds. The van der Waals surface area contributed by atoms with Crippen LogP contribution in [0.2, 0.25) is 0 Å². The van der Waals surface area contributed by atoms with Gasteiger partial charge in [-0.3, -0.25) is 0 Å². The van der Waals surface area contributed by atoms with Crippen LogP contribution in [0.5, 0.6) is 5.75 Å². The third-order valence-electron chi connectivity index (χ3n) is 2.83. The average Bonchev–Trinajstić information content (AvgIpc) is 2.44. The second-order valence-corrected chi connectivity index (χ2v) is 4.50. The zero-order chi connectivity index (χ0) is 14.5. The maximum absolute atomic E-state index is 13.3. The first kappa shape index (κ1) is 14.0. The minimum Gasteiger partial charge on any atom is -0.489 e. The van der Waals surface area contributed by atoms with Crippen molar-refractivity contribution in [2.75, 3.05) is 0 Å². The van der Waals surface area contributed by atoms with Crippen molar-refractivity contribution in [3.8, 4) is 11.8 Å². The van der Waals surface area contributed by atoms with E-state index in [1.807, 2.05) is 6.07 Å². The zero-order valence-corrected chi connectivity index (χ0v) is 11.0. The molecule has 0 aliphatic heterocycles. The van der Waals surface area contributed by atoms with Crippen LogP contribution in [-0.2, 0) is 6.61 Å². The Morgan fingerprint density at radius 3 is 2.80 bits per heavy atom. The second kappa shape index (κ2) is 6.18. The molecular weight excluding hydrogens is 257 g/mol. The van der Waals surface area contributed by atoms with Gasteiger partial charge in [-0.05, 0) is 48.4 Å². The SMILES string of the molecule is C[C@H](O)c1cccc(OCc2cc(F)cc(C#N)c2)c1. The normalized spacial score (nSPS) is 11.7. The number of aliphatic hydroxyl groups is 1. The van der Waals surface area contributed by atoms with E-state index in [0.29, 0.717) is 11.3 Å². The molecule has 0 aliphatic rings. The van der Waals surface area contributed by atoms with Gasteiger partial charge in [0.25, 0.3) is 0 Å². The van der Waals surface area contributed by atoms with Crippen molar-refractivity contribution in [1.29, 1.82) is 5.26 Å². The van der Waals surface area contributed by atoms with Gasteiger partial charge < -0.3 is 9.84 Å². The van der Waals surface area contributed by atoms with E-state index in [1.54, 1.807) is 37.3 Å². The van der Waals surface area contributed by atoms with E-state index in [2.05, 4.69) is 0 Å². The summed E-state index contributed by atoms with van der Waals surface area (Å²) in [7, 11) is 0. The Bertz CT molecular complexity index is 647. The number of nitriles is 1. The van der Waals surface area contributed by atoms with Crippen molar-refractivity contribution >= 4 is 0 Å². The highest BCUT2D eigenvalue weighted by Crippen LogP contribution is 2.20. The quantitative estimate of drug-likeness (QED) is 0.928. The van der Waals surface area contributed by atoms with Crippen LogP contribution in [-0.4, -0.2) is 5.11 Å². The molecule has 0 saturated carbocycles. The number of nitrogens with zero attached hydrogens (tertiary/aromatic N) is 1. The molecule has 2 aromatic rings. The van der Waals surface area contributed by atoms with Crippen LogP contribution in [0.4, 0.5) is 4.39 Å². The highest BCUT2D eigenvalue weighted by atomic mass is 19.1. The molecule has 0 fully saturated rings. The molecule has 0 saturated heterocycles. The molecular formula is C16H14FNO2. The molecule has 0 aromatic heterocycles. The van der Waals surface area contributed by atoms with E-state index >= 15 is 0 Å². The van der Waals surface area contributed by atoms with Crippen LogP contribution >= 0.6 is 0 Å². The maximum Gasteiger partial charge on any atom is 0.124 e. The topological polar surface area (TPSA) is 53.2 Å². The molecule has 20 heavy (non-hydrogen) atoms. The van der Waals surface area contributed by atoms with Crippen molar-refractivity contribution in [1.82, 2.24) is 0 Å². The van der Waals surface area contributed by atoms with Gasteiger partial charge in [-0.15, -0.1) is 0 Å². The van der Waals surface area contributed by atoms with E-state index in [9.17, 15) is 9.50 Å². The van der Waals surface area contributed by atoms with Crippen LogP contribution in [0, 0.1) is 17.1 Å². The minimum atomic E-state index is -0.571. The summed E-state index contributed by atoms with van der Waals surface area (Å²) in [5.74, 6) is 0.131. The molecule has 2 aromatic carbocycles. The smallest absolute Gasteiger partial charge is 0.124 e.